The predicted octanol–water partition coefficient (Wildman–Crippen LogP) is 5.39. The number of carbonyl (C=O) groups is 1. The minimum atomic E-state index is -4.59. The summed E-state index contributed by atoms with van der Waals surface area (Å²) in [5, 5.41) is 4.21. The number of ether oxygens (including phenoxy) is 1. The lowest BCUT2D eigenvalue weighted by molar-refractivity contribution is -0.137. The number of fused-ring (bicyclic) bond motifs is 1. The molecule has 2 heterocycles. The molecule has 35 heavy (non-hydrogen) atoms. The van der Waals surface area contributed by atoms with Gasteiger partial charge >= 0.3 is 12.1 Å². The molecule has 0 bridgehead atoms. The molecule has 2 aromatic heterocycles. The summed E-state index contributed by atoms with van der Waals surface area (Å²) in [6.45, 7) is 3.18. The maximum Gasteiger partial charge on any atom is 0.416 e. The number of aryl methyl sites for hydroxylation is 1. The topological polar surface area (TPSA) is 76.5 Å². The summed E-state index contributed by atoms with van der Waals surface area (Å²) in [4.78, 5) is 28.9. The second-order valence-corrected chi connectivity index (χ2v) is 7.54. The third-order valence-electron chi connectivity index (χ3n) is 5.37. The molecule has 0 aliphatic carbocycles. The lowest BCUT2D eigenvalue weighted by Crippen LogP contribution is -2.26. The number of halogens is 5. The van der Waals surface area contributed by atoms with Gasteiger partial charge in [-0.05, 0) is 43.2 Å². The van der Waals surface area contributed by atoms with Crippen molar-refractivity contribution in [2.45, 2.75) is 26.4 Å². The Kier molecular flexibility index (Phi) is 6.18. The van der Waals surface area contributed by atoms with Crippen molar-refractivity contribution in [3.8, 4) is 22.4 Å². The summed E-state index contributed by atoms with van der Waals surface area (Å²) in [7, 11) is 0. The first-order valence-electron chi connectivity index (χ1n) is 10.5. The number of hydrogen-bond donors (Lipinski definition) is 1. The Hall–Kier alpha value is -4.02. The van der Waals surface area contributed by atoms with E-state index in [4.69, 9.17) is 4.74 Å². The van der Waals surface area contributed by atoms with Crippen LogP contribution in [0.15, 0.2) is 47.3 Å². The third-order valence-corrected chi connectivity index (χ3v) is 5.37. The van der Waals surface area contributed by atoms with Crippen LogP contribution >= 0.6 is 0 Å². The minimum absolute atomic E-state index is 0.0136. The van der Waals surface area contributed by atoms with Crippen molar-refractivity contribution >= 4 is 11.6 Å². The first-order chi connectivity index (χ1) is 16.6. The molecule has 0 radical (unpaired) electrons. The fourth-order valence-corrected chi connectivity index (χ4v) is 3.78. The van der Waals surface area contributed by atoms with Crippen molar-refractivity contribution in [1.29, 1.82) is 0 Å². The molecule has 0 unspecified atom stereocenters. The first kappa shape index (κ1) is 24.1. The average molecular weight is 491 g/mol. The zero-order chi connectivity index (χ0) is 25.5. The van der Waals surface area contributed by atoms with Crippen LogP contribution in [0.1, 0.15) is 35.5 Å². The number of aromatic amines is 1. The standard InChI is InChI=1S/C24H18F5N3O3/c1-3-17-18(15-10-9-14(25)11-16(15)26)21-30-20(12-5-7-13(8-6-12)24(27,28)29)19(23(34)35-4-2)22(33)32(21)31-17/h5-11,30H,3-4H2,1-2H3. The van der Waals surface area contributed by atoms with Crippen molar-refractivity contribution in [3.05, 3.63) is 81.3 Å². The van der Waals surface area contributed by atoms with E-state index >= 15 is 0 Å². The second-order valence-electron chi connectivity index (χ2n) is 7.54. The number of aromatic nitrogens is 3. The molecule has 11 heteroatoms. The molecule has 0 aliphatic heterocycles. The summed E-state index contributed by atoms with van der Waals surface area (Å²) in [6.07, 6.45) is -4.33. The van der Waals surface area contributed by atoms with Gasteiger partial charge in [-0.3, -0.25) is 4.79 Å². The molecule has 2 aromatic carbocycles. The fourth-order valence-electron chi connectivity index (χ4n) is 3.78. The van der Waals surface area contributed by atoms with Crippen LogP contribution in [-0.4, -0.2) is 27.2 Å². The van der Waals surface area contributed by atoms with Crippen LogP contribution in [0.3, 0.4) is 0 Å². The normalized spacial score (nSPS) is 11.7. The molecule has 182 valence electrons. The Bertz CT molecular complexity index is 1490. The lowest BCUT2D eigenvalue weighted by Gasteiger charge is -2.12. The van der Waals surface area contributed by atoms with Crippen LogP contribution in [0.4, 0.5) is 22.0 Å². The van der Waals surface area contributed by atoms with Crippen molar-refractivity contribution in [2.24, 2.45) is 0 Å². The zero-order valence-corrected chi connectivity index (χ0v) is 18.5. The molecule has 0 saturated carbocycles. The molecule has 1 N–H and O–H groups in total. The molecule has 0 fully saturated rings. The molecule has 0 atom stereocenters. The van der Waals surface area contributed by atoms with Gasteiger partial charge in [-0.1, -0.05) is 19.1 Å². The highest BCUT2D eigenvalue weighted by molar-refractivity contribution is 5.97. The van der Waals surface area contributed by atoms with E-state index in [2.05, 4.69) is 10.1 Å². The number of esters is 1. The molecule has 0 amide bonds. The van der Waals surface area contributed by atoms with Crippen LogP contribution in [0, 0.1) is 11.6 Å². The van der Waals surface area contributed by atoms with Gasteiger partial charge in [0.2, 0.25) is 0 Å². The van der Waals surface area contributed by atoms with E-state index in [1.54, 1.807) is 6.92 Å². The number of benzene rings is 2. The number of nitrogens with zero attached hydrogens (tertiary/aromatic N) is 2. The number of carbonyl (C=O) groups excluding carboxylic acids is 1. The van der Waals surface area contributed by atoms with E-state index in [1.807, 2.05) is 0 Å². The first-order valence-corrected chi connectivity index (χ1v) is 10.5. The summed E-state index contributed by atoms with van der Waals surface area (Å²) < 4.78 is 73.2. The van der Waals surface area contributed by atoms with E-state index in [1.165, 1.54) is 13.0 Å². The van der Waals surface area contributed by atoms with Crippen LogP contribution in [0.5, 0.6) is 0 Å². The Labute approximate surface area is 195 Å². The number of hydrogen-bond acceptors (Lipinski definition) is 4. The lowest BCUT2D eigenvalue weighted by atomic mass is 10.0. The van der Waals surface area contributed by atoms with E-state index in [9.17, 15) is 31.5 Å². The monoisotopic (exact) mass is 491 g/mol. The Morgan fingerprint density at radius 2 is 1.77 bits per heavy atom. The van der Waals surface area contributed by atoms with Gasteiger partial charge in [-0.2, -0.15) is 22.8 Å². The van der Waals surface area contributed by atoms with Crippen molar-refractivity contribution in [2.75, 3.05) is 6.61 Å². The van der Waals surface area contributed by atoms with E-state index in [0.717, 1.165) is 34.8 Å². The Morgan fingerprint density at radius 1 is 1.09 bits per heavy atom. The number of alkyl halides is 3. The van der Waals surface area contributed by atoms with E-state index < -0.39 is 40.5 Å². The van der Waals surface area contributed by atoms with E-state index in [-0.39, 0.29) is 46.8 Å². The Morgan fingerprint density at radius 3 is 2.34 bits per heavy atom. The molecule has 6 nitrogen and oxygen atoms in total. The van der Waals surface area contributed by atoms with Gasteiger partial charge in [0.15, 0.2) is 5.56 Å². The number of rotatable bonds is 5. The van der Waals surface area contributed by atoms with Crippen LogP contribution in [0.25, 0.3) is 28.0 Å². The van der Waals surface area contributed by atoms with Gasteiger partial charge in [0.1, 0.15) is 17.3 Å². The van der Waals surface area contributed by atoms with Crippen molar-refractivity contribution < 1.29 is 31.5 Å². The second kappa shape index (κ2) is 8.97. The molecule has 4 rings (SSSR count). The number of H-pyrrole nitrogens is 1. The predicted molar refractivity (Wildman–Crippen MR) is 117 cm³/mol. The number of nitrogens with one attached hydrogen (secondary N) is 1. The smallest absolute Gasteiger partial charge is 0.416 e. The zero-order valence-electron chi connectivity index (χ0n) is 18.5. The fraction of sp³-hybridized carbons (Fsp3) is 0.208. The van der Waals surface area contributed by atoms with Gasteiger partial charge in [-0.25, -0.2) is 13.6 Å². The van der Waals surface area contributed by atoms with Gasteiger partial charge in [0.25, 0.3) is 5.56 Å². The highest BCUT2D eigenvalue weighted by Gasteiger charge is 2.31. The molecule has 0 spiro atoms. The van der Waals surface area contributed by atoms with Crippen LogP contribution in [0.2, 0.25) is 0 Å². The van der Waals surface area contributed by atoms with Gasteiger partial charge in [0, 0.05) is 11.6 Å². The third kappa shape index (κ3) is 4.29. The summed E-state index contributed by atoms with van der Waals surface area (Å²) in [6, 6.07) is 6.73. The molecule has 0 aliphatic rings. The Balaban J connectivity index is 2.07. The van der Waals surface area contributed by atoms with Crippen molar-refractivity contribution in [1.82, 2.24) is 14.6 Å². The van der Waals surface area contributed by atoms with Crippen molar-refractivity contribution in [3.63, 3.8) is 0 Å². The molecular weight excluding hydrogens is 473 g/mol. The minimum Gasteiger partial charge on any atom is -0.462 e. The van der Waals surface area contributed by atoms with E-state index in [0.29, 0.717) is 6.07 Å². The largest absolute Gasteiger partial charge is 0.462 e. The molecule has 0 saturated heterocycles. The maximum atomic E-state index is 14.7. The van der Waals surface area contributed by atoms with Gasteiger partial charge in [0.05, 0.1) is 29.1 Å². The highest BCUT2D eigenvalue weighted by atomic mass is 19.4. The highest BCUT2D eigenvalue weighted by Crippen LogP contribution is 2.34. The molecule has 4 aromatic rings. The quantitative estimate of drug-likeness (QED) is 0.300. The summed E-state index contributed by atoms with van der Waals surface area (Å²) in [5.74, 6) is -2.71. The van der Waals surface area contributed by atoms with Crippen LogP contribution < -0.4 is 5.56 Å². The summed E-state index contributed by atoms with van der Waals surface area (Å²) in [5.41, 5.74) is -1.96. The molecular formula is C24H18F5N3O3. The van der Waals surface area contributed by atoms with Gasteiger partial charge < -0.3 is 9.72 Å². The average Bonchev–Trinajstić information content (AvgIpc) is 3.17. The van der Waals surface area contributed by atoms with Crippen LogP contribution in [-0.2, 0) is 17.3 Å². The maximum absolute atomic E-state index is 14.7. The van der Waals surface area contributed by atoms with Gasteiger partial charge in [-0.15, -0.1) is 0 Å². The summed E-state index contributed by atoms with van der Waals surface area (Å²) >= 11 is 0. The SMILES string of the molecule is CCOC(=O)c1c(-c2ccc(C(F)(F)F)cc2)[nH]c2c(-c3ccc(F)cc3F)c(CC)nn2c1=O.